The zero-order chi connectivity index (χ0) is 20.1. The minimum absolute atomic E-state index is 0.125. The Morgan fingerprint density at radius 1 is 1.14 bits per heavy atom. The molecular weight excluding hydrogens is 398 g/mol. The summed E-state index contributed by atoms with van der Waals surface area (Å²) >= 11 is 7.28. The number of anilines is 1. The molecule has 150 valence electrons. The molecule has 2 aromatic rings. The van der Waals surface area contributed by atoms with E-state index in [0.29, 0.717) is 22.1 Å². The third kappa shape index (κ3) is 4.91. The Kier molecular flexibility index (Phi) is 7.07. The van der Waals surface area contributed by atoms with Gasteiger partial charge in [-0.2, -0.15) is 0 Å². The largest absolute Gasteiger partial charge is 0.465 e. The van der Waals surface area contributed by atoms with Crippen molar-refractivity contribution in [2.45, 2.75) is 6.92 Å². The number of nitrogens with one attached hydrogen (secondary N) is 1. The molecule has 1 fully saturated rings. The number of thiophene rings is 1. The molecule has 1 N–H and O–H groups in total. The number of carbonyl (C=O) groups is 2. The van der Waals surface area contributed by atoms with Gasteiger partial charge < -0.3 is 15.0 Å². The smallest absolute Gasteiger partial charge is 0.341 e. The van der Waals surface area contributed by atoms with Crippen LogP contribution in [0.3, 0.4) is 0 Å². The number of rotatable bonds is 6. The lowest BCUT2D eigenvalue weighted by molar-refractivity contribution is -0.117. The molecule has 0 atom stereocenters. The molecular formula is C20H24ClN3O3S. The third-order valence-corrected chi connectivity index (χ3v) is 6.02. The molecule has 2 heterocycles. The summed E-state index contributed by atoms with van der Waals surface area (Å²) < 4.78 is 4.95. The highest BCUT2D eigenvalue weighted by molar-refractivity contribution is 7.15. The van der Waals surface area contributed by atoms with Crippen molar-refractivity contribution in [2.24, 2.45) is 0 Å². The summed E-state index contributed by atoms with van der Waals surface area (Å²) in [7, 11) is 1.34. The number of esters is 1. The van der Waals surface area contributed by atoms with Crippen LogP contribution in [0.5, 0.6) is 0 Å². The summed E-state index contributed by atoms with van der Waals surface area (Å²) in [5, 5.41) is 5.88. The molecule has 3 rings (SSSR count). The Morgan fingerprint density at radius 3 is 2.39 bits per heavy atom. The highest BCUT2D eigenvalue weighted by Crippen LogP contribution is 2.36. The Balaban J connectivity index is 1.73. The molecule has 1 aliphatic rings. The summed E-state index contributed by atoms with van der Waals surface area (Å²) in [4.78, 5) is 29.4. The highest BCUT2D eigenvalue weighted by atomic mass is 35.5. The van der Waals surface area contributed by atoms with Crippen molar-refractivity contribution in [2.75, 3.05) is 51.7 Å². The number of carbonyl (C=O) groups excluding carboxylic acids is 2. The number of halogens is 1. The van der Waals surface area contributed by atoms with E-state index in [2.05, 4.69) is 22.0 Å². The summed E-state index contributed by atoms with van der Waals surface area (Å²) in [5.41, 5.74) is 1.94. The summed E-state index contributed by atoms with van der Waals surface area (Å²) in [5.74, 6) is -0.599. The van der Waals surface area contributed by atoms with E-state index >= 15 is 0 Å². The molecule has 0 bridgehead atoms. The molecule has 1 aliphatic heterocycles. The van der Waals surface area contributed by atoms with Crippen molar-refractivity contribution >= 4 is 39.8 Å². The normalized spacial score (nSPS) is 15.4. The first-order chi connectivity index (χ1) is 13.5. The van der Waals surface area contributed by atoms with E-state index in [1.807, 2.05) is 17.5 Å². The lowest BCUT2D eigenvalue weighted by Crippen LogP contribution is -2.48. The Morgan fingerprint density at radius 2 is 1.79 bits per heavy atom. The van der Waals surface area contributed by atoms with E-state index in [1.54, 1.807) is 12.1 Å². The van der Waals surface area contributed by atoms with E-state index < -0.39 is 5.97 Å². The van der Waals surface area contributed by atoms with Gasteiger partial charge in [-0.25, -0.2) is 4.79 Å². The monoisotopic (exact) mass is 421 g/mol. The van der Waals surface area contributed by atoms with Gasteiger partial charge in [0.2, 0.25) is 5.91 Å². The number of hydrogen-bond donors (Lipinski definition) is 1. The quantitative estimate of drug-likeness (QED) is 0.724. The second-order valence-corrected chi connectivity index (χ2v) is 7.93. The van der Waals surface area contributed by atoms with E-state index in [9.17, 15) is 9.59 Å². The fraction of sp³-hybridized carbons (Fsp3) is 0.400. The lowest BCUT2D eigenvalue weighted by Gasteiger charge is -2.33. The van der Waals surface area contributed by atoms with Gasteiger partial charge in [-0.3, -0.25) is 9.69 Å². The van der Waals surface area contributed by atoms with Crippen LogP contribution >= 0.6 is 22.9 Å². The van der Waals surface area contributed by atoms with E-state index in [1.165, 1.54) is 18.4 Å². The standard InChI is InChI=1S/C20H24ClN3O3S/c1-3-23-8-10-24(11-9-23)12-17(25)22-19-18(20(26)27-2)16(13-28-19)14-4-6-15(21)7-5-14/h4-7,13H,3,8-12H2,1-2H3,(H,22,25). The second-order valence-electron chi connectivity index (χ2n) is 6.61. The number of hydrogen-bond acceptors (Lipinski definition) is 6. The number of benzene rings is 1. The second kappa shape index (κ2) is 9.52. The molecule has 6 nitrogen and oxygen atoms in total. The fourth-order valence-corrected chi connectivity index (χ4v) is 4.33. The SMILES string of the molecule is CCN1CCN(CC(=O)Nc2scc(-c3ccc(Cl)cc3)c2C(=O)OC)CC1. The van der Waals surface area contributed by atoms with Crippen LogP contribution in [0.2, 0.25) is 5.02 Å². The van der Waals surface area contributed by atoms with Crippen LogP contribution in [0.4, 0.5) is 5.00 Å². The number of nitrogens with zero attached hydrogens (tertiary/aromatic N) is 2. The van der Waals surface area contributed by atoms with Gasteiger partial charge in [0.1, 0.15) is 10.6 Å². The van der Waals surface area contributed by atoms with Crippen LogP contribution in [0, 0.1) is 0 Å². The van der Waals surface area contributed by atoms with Crippen LogP contribution < -0.4 is 5.32 Å². The summed E-state index contributed by atoms with van der Waals surface area (Å²) in [6, 6.07) is 7.22. The van der Waals surface area contributed by atoms with Crippen molar-refractivity contribution in [3.8, 4) is 11.1 Å². The molecule has 0 spiro atoms. The molecule has 28 heavy (non-hydrogen) atoms. The first-order valence-electron chi connectivity index (χ1n) is 9.22. The van der Waals surface area contributed by atoms with Gasteiger partial charge in [0.15, 0.2) is 0 Å². The van der Waals surface area contributed by atoms with E-state index in [0.717, 1.165) is 43.9 Å². The summed E-state index contributed by atoms with van der Waals surface area (Å²) in [6.07, 6.45) is 0. The third-order valence-electron chi connectivity index (χ3n) is 4.87. The maximum absolute atomic E-state index is 12.6. The van der Waals surface area contributed by atoms with Crippen LogP contribution in [-0.2, 0) is 9.53 Å². The van der Waals surface area contributed by atoms with E-state index in [4.69, 9.17) is 16.3 Å². The zero-order valence-corrected chi connectivity index (χ0v) is 17.6. The first kappa shape index (κ1) is 20.8. The Hall–Kier alpha value is -1.93. The van der Waals surface area contributed by atoms with E-state index in [-0.39, 0.29) is 5.91 Å². The molecule has 0 saturated carbocycles. The minimum atomic E-state index is -0.474. The number of piperazine rings is 1. The van der Waals surface area contributed by atoms with Crippen molar-refractivity contribution in [3.63, 3.8) is 0 Å². The fourth-order valence-electron chi connectivity index (χ4n) is 3.23. The number of likely N-dealkylation sites (N-methyl/N-ethyl adjacent to an activating group) is 1. The van der Waals surface area contributed by atoms with Crippen LogP contribution in [0.15, 0.2) is 29.6 Å². The van der Waals surface area contributed by atoms with Gasteiger partial charge in [0, 0.05) is 42.1 Å². The number of ether oxygens (including phenoxy) is 1. The molecule has 0 aliphatic carbocycles. The molecule has 0 unspecified atom stereocenters. The molecule has 1 amide bonds. The average molecular weight is 422 g/mol. The number of amides is 1. The maximum Gasteiger partial charge on any atom is 0.341 e. The molecule has 1 aromatic carbocycles. The van der Waals surface area contributed by atoms with Gasteiger partial charge in [0.25, 0.3) is 0 Å². The predicted octanol–water partition coefficient (Wildman–Crippen LogP) is 3.43. The molecule has 1 saturated heterocycles. The molecule has 0 radical (unpaired) electrons. The lowest BCUT2D eigenvalue weighted by atomic mass is 10.0. The first-order valence-corrected chi connectivity index (χ1v) is 10.5. The van der Waals surface area contributed by atoms with Crippen LogP contribution in [0.1, 0.15) is 17.3 Å². The van der Waals surface area contributed by atoms with Gasteiger partial charge >= 0.3 is 5.97 Å². The maximum atomic E-state index is 12.6. The predicted molar refractivity (Wildman–Crippen MR) is 113 cm³/mol. The van der Waals surface area contributed by atoms with Gasteiger partial charge in [0.05, 0.1) is 13.7 Å². The topological polar surface area (TPSA) is 61.9 Å². The molecule has 8 heteroatoms. The van der Waals surface area contributed by atoms with Crippen molar-refractivity contribution in [1.82, 2.24) is 9.80 Å². The van der Waals surface area contributed by atoms with Crippen LogP contribution in [0.25, 0.3) is 11.1 Å². The van der Waals surface area contributed by atoms with Crippen molar-refractivity contribution < 1.29 is 14.3 Å². The Bertz CT molecular complexity index is 830. The van der Waals surface area contributed by atoms with Crippen LogP contribution in [-0.4, -0.2) is 68.1 Å². The summed E-state index contributed by atoms with van der Waals surface area (Å²) in [6.45, 7) is 7.16. The van der Waals surface area contributed by atoms with Gasteiger partial charge in [-0.15, -0.1) is 11.3 Å². The van der Waals surface area contributed by atoms with Crippen molar-refractivity contribution in [1.29, 1.82) is 0 Å². The number of methoxy groups -OCH3 is 1. The highest BCUT2D eigenvalue weighted by Gasteiger charge is 2.24. The van der Waals surface area contributed by atoms with Crippen molar-refractivity contribution in [3.05, 3.63) is 40.2 Å². The molecule has 1 aromatic heterocycles. The zero-order valence-electron chi connectivity index (χ0n) is 16.0. The average Bonchev–Trinajstić information content (AvgIpc) is 3.11. The Labute approximate surface area is 174 Å². The minimum Gasteiger partial charge on any atom is -0.465 e. The van der Waals surface area contributed by atoms with Gasteiger partial charge in [-0.1, -0.05) is 30.7 Å². The van der Waals surface area contributed by atoms with Gasteiger partial charge in [-0.05, 0) is 24.2 Å².